The first-order valence-electron chi connectivity index (χ1n) is 4.70. The van der Waals surface area contributed by atoms with Crippen molar-refractivity contribution < 1.29 is 8.78 Å². The fraction of sp³-hybridized carbons (Fsp3) is 0.455. The van der Waals surface area contributed by atoms with E-state index in [9.17, 15) is 8.78 Å². The van der Waals surface area contributed by atoms with E-state index in [1.165, 1.54) is 6.92 Å². The van der Waals surface area contributed by atoms with Crippen molar-refractivity contribution in [2.45, 2.75) is 19.8 Å². The summed E-state index contributed by atoms with van der Waals surface area (Å²) in [4.78, 5) is 0. The fourth-order valence-electron chi connectivity index (χ4n) is 1.31. The molecule has 15 heavy (non-hydrogen) atoms. The summed E-state index contributed by atoms with van der Waals surface area (Å²) in [6.07, 6.45) is -2.10. The van der Waals surface area contributed by atoms with E-state index in [0.717, 1.165) is 10.0 Å². The Balaban J connectivity index is 2.79. The second kappa shape index (κ2) is 5.03. The van der Waals surface area contributed by atoms with Crippen LogP contribution in [0, 0.1) is 5.41 Å². The lowest BCUT2D eigenvalue weighted by Crippen LogP contribution is -2.36. The van der Waals surface area contributed by atoms with Crippen LogP contribution in [0.1, 0.15) is 12.5 Å². The number of nitrogens with two attached hydrogens (primary N) is 1. The van der Waals surface area contributed by atoms with Gasteiger partial charge < -0.3 is 5.73 Å². The van der Waals surface area contributed by atoms with Gasteiger partial charge in [-0.3, -0.25) is 0 Å². The van der Waals surface area contributed by atoms with Gasteiger partial charge in [0.25, 0.3) is 0 Å². The lowest BCUT2D eigenvalue weighted by molar-refractivity contribution is 0.0133. The standard InChI is InChI=1S/C11H14BrF2N/c1-11(7-15,10(13)14)6-8-2-4-9(12)5-3-8/h2-5,10H,6-7,15H2,1H3. The summed E-state index contributed by atoms with van der Waals surface area (Å²) in [6.45, 7) is 1.50. The Labute approximate surface area is 96.8 Å². The molecular weight excluding hydrogens is 264 g/mol. The van der Waals surface area contributed by atoms with Crippen LogP contribution in [0.3, 0.4) is 0 Å². The maximum absolute atomic E-state index is 12.8. The van der Waals surface area contributed by atoms with Crippen molar-refractivity contribution in [3.63, 3.8) is 0 Å². The van der Waals surface area contributed by atoms with E-state index in [-0.39, 0.29) is 6.54 Å². The van der Waals surface area contributed by atoms with Gasteiger partial charge in [-0.05, 0) is 24.1 Å². The normalized spacial score (nSPS) is 15.3. The average Bonchev–Trinajstić information content (AvgIpc) is 2.21. The molecule has 1 aromatic rings. The molecule has 0 saturated heterocycles. The van der Waals surface area contributed by atoms with Crippen LogP contribution in [0.25, 0.3) is 0 Å². The number of hydrogen-bond acceptors (Lipinski definition) is 1. The first-order chi connectivity index (χ1) is 6.98. The van der Waals surface area contributed by atoms with Crippen LogP contribution in [-0.2, 0) is 6.42 Å². The van der Waals surface area contributed by atoms with Gasteiger partial charge in [-0.1, -0.05) is 35.0 Å². The first kappa shape index (κ1) is 12.6. The highest BCUT2D eigenvalue weighted by Crippen LogP contribution is 2.29. The van der Waals surface area contributed by atoms with Crippen LogP contribution in [0.15, 0.2) is 28.7 Å². The van der Waals surface area contributed by atoms with E-state index in [2.05, 4.69) is 15.9 Å². The van der Waals surface area contributed by atoms with Crippen LogP contribution in [0.4, 0.5) is 8.78 Å². The number of rotatable bonds is 4. The SMILES string of the molecule is CC(CN)(Cc1ccc(Br)cc1)C(F)F. The summed E-state index contributed by atoms with van der Waals surface area (Å²) in [7, 11) is 0. The molecule has 0 bridgehead atoms. The van der Waals surface area contributed by atoms with E-state index in [4.69, 9.17) is 5.73 Å². The molecule has 1 nitrogen and oxygen atoms in total. The third-order valence-corrected chi connectivity index (χ3v) is 3.04. The summed E-state index contributed by atoms with van der Waals surface area (Å²) in [5.41, 5.74) is 5.15. The van der Waals surface area contributed by atoms with Gasteiger partial charge in [0.2, 0.25) is 6.43 Å². The van der Waals surface area contributed by atoms with E-state index in [1.807, 2.05) is 24.3 Å². The van der Waals surface area contributed by atoms with Crippen LogP contribution < -0.4 is 5.73 Å². The van der Waals surface area contributed by atoms with Crippen molar-refractivity contribution in [2.24, 2.45) is 11.1 Å². The molecule has 4 heteroatoms. The first-order valence-corrected chi connectivity index (χ1v) is 5.50. The van der Waals surface area contributed by atoms with E-state index in [0.29, 0.717) is 6.42 Å². The van der Waals surface area contributed by atoms with Gasteiger partial charge in [-0.2, -0.15) is 0 Å². The van der Waals surface area contributed by atoms with Gasteiger partial charge >= 0.3 is 0 Å². The van der Waals surface area contributed by atoms with Crippen molar-refractivity contribution in [2.75, 3.05) is 6.54 Å². The van der Waals surface area contributed by atoms with Gasteiger partial charge in [0.15, 0.2) is 0 Å². The van der Waals surface area contributed by atoms with Crippen molar-refractivity contribution >= 4 is 15.9 Å². The summed E-state index contributed by atoms with van der Waals surface area (Å²) in [5, 5.41) is 0. The fourth-order valence-corrected chi connectivity index (χ4v) is 1.57. The van der Waals surface area contributed by atoms with Gasteiger partial charge in [-0.15, -0.1) is 0 Å². The number of alkyl halides is 2. The monoisotopic (exact) mass is 277 g/mol. The topological polar surface area (TPSA) is 26.0 Å². The van der Waals surface area contributed by atoms with Gasteiger partial charge in [0, 0.05) is 16.4 Å². The van der Waals surface area contributed by atoms with Crippen LogP contribution in [0.2, 0.25) is 0 Å². The molecule has 0 aromatic heterocycles. The van der Waals surface area contributed by atoms with E-state index < -0.39 is 11.8 Å². The molecule has 0 radical (unpaired) electrons. The molecule has 0 heterocycles. The lowest BCUT2D eigenvalue weighted by atomic mass is 9.84. The van der Waals surface area contributed by atoms with Crippen molar-refractivity contribution in [1.29, 1.82) is 0 Å². The van der Waals surface area contributed by atoms with Crippen LogP contribution in [-0.4, -0.2) is 13.0 Å². The minimum atomic E-state index is -2.40. The molecule has 0 saturated carbocycles. The molecule has 2 N–H and O–H groups in total. The second-order valence-electron chi connectivity index (χ2n) is 3.96. The second-order valence-corrected chi connectivity index (χ2v) is 4.88. The maximum Gasteiger partial charge on any atom is 0.245 e. The van der Waals surface area contributed by atoms with Crippen molar-refractivity contribution in [3.8, 4) is 0 Å². The number of benzene rings is 1. The Bertz CT molecular complexity index is 313. The summed E-state index contributed by atoms with van der Waals surface area (Å²) < 4.78 is 26.5. The average molecular weight is 278 g/mol. The molecule has 0 aliphatic heterocycles. The Morgan fingerprint density at radius 3 is 2.27 bits per heavy atom. The highest BCUT2D eigenvalue weighted by molar-refractivity contribution is 9.10. The third-order valence-electron chi connectivity index (χ3n) is 2.51. The Hall–Kier alpha value is -0.480. The molecule has 0 amide bonds. The van der Waals surface area contributed by atoms with Gasteiger partial charge in [0.1, 0.15) is 0 Å². The third kappa shape index (κ3) is 3.24. The van der Waals surface area contributed by atoms with Crippen molar-refractivity contribution in [3.05, 3.63) is 34.3 Å². The summed E-state index contributed by atoms with van der Waals surface area (Å²) in [5.74, 6) is 0. The zero-order valence-corrected chi connectivity index (χ0v) is 10.1. The highest BCUT2D eigenvalue weighted by Gasteiger charge is 2.33. The number of hydrogen-bond donors (Lipinski definition) is 1. The summed E-state index contributed by atoms with van der Waals surface area (Å²) >= 11 is 3.30. The Kier molecular flexibility index (Phi) is 4.22. The minimum Gasteiger partial charge on any atom is -0.330 e. The van der Waals surface area contributed by atoms with Gasteiger partial charge in [0.05, 0.1) is 0 Å². The molecular formula is C11H14BrF2N. The molecule has 1 atom stereocenters. The molecule has 0 spiro atoms. The van der Waals surface area contributed by atoms with Gasteiger partial charge in [-0.25, -0.2) is 8.78 Å². The molecule has 1 unspecified atom stereocenters. The summed E-state index contributed by atoms with van der Waals surface area (Å²) in [6, 6.07) is 7.36. The predicted molar refractivity (Wildman–Crippen MR) is 61.0 cm³/mol. The lowest BCUT2D eigenvalue weighted by Gasteiger charge is -2.26. The van der Waals surface area contributed by atoms with E-state index in [1.54, 1.807) is 0 Å². The molecule has 0 aliphatic rings. The van der Waals surface area contributed by atoms with E-state index >= 15 is 0 Å². The van der Waals surface area contributed by atoms with Crippen LogP contribution in [0.5, 0.6) is 0 Å². The maximum atomic E-state index is 12.8. The minimum absolute atomic E-state index is 0.0132. The Morgan fingerprint density at radius 1 is 1.33 bits per heavy atom. The Morgan fingerprint density at radius 2 is 1.87 bits per heavy atom. The molecule has 84 valence electrons. The largest absolute Gasteiger partial charge is 0.330 e. The quantitative estimate of drug-likeness (QED) is 0.899. The number of halogens is 3. The molecule has 0 fully saturated rings. The zero-order valence-electron chi connectivity index (χ0n) is 8.51. The zero-order chi connectivity index (χ0) is 11.5. The van der Waals surface area contributed by atoms with Crippen molar-refractivity contribution in [1.82, 2.24) is 0 Å². The smallest absolute Gasteiger partial charge is 0.245 e. The predicted octanol–water partition coefficient (Wildman–Crippen LogP) is 3.22. The molecule has 1 rings (SSSR count). The highest BCUT2D eigenvalue weighted by atomic mass is 79.9. The van der Waals surface area contributed by atoms with Crippen LogP contribution >= 0.6 is 15.9 Å². The molecule has 0 aliphatic carbocycles. The molecule has 1 aromatic carbocycles.